The zero-order chi connectivity index (χ0) is 16.5. The second-order valence-corrected chi connectivity index (χ2v) is 6.71. The molecule has 0 fully saturated rings. The molecular weight excluding hydrogens is 296 g/mol. The summed E-state index contributed by atoms with van der Waals surface area (Å²) in [6.45, 7) is 4.35. The first-order valence-electron chi connectivity index (χ1n) is 8.56. The molecule has 4 heteroatoms. The number of fused-ring (bicyclic) bond motifs is 2. The van der Waals surface area contributed by atoms with Crippen LogP contribution < -0.4 is 10.6 Å². The third-order valence-electron chi connectivity index (χ3n) is 4.61. The maximum Gasteiger partial charge on any atom is 0.156 e. The van der Waals surface area contributed by atoms with E-state index in [1.807, 2.05) is 0 Å². The van der Waals surface area contributed by atoms with Gasteiger partial charge in [-0.1, -0.05) is 48.5 Å². The molecule has 0 aromatic heterocycles. The highest BCUT2D eigenvalue weighted by molar-refractivity contribution is 6.04. The number of amidine groups is 2. The van der Waals surface area contributed by atoms with Crippen molar-refractivity contribution < 1.29 is 0 Å². The normalized spacial score (nSPS) is 25.6. The van der Waals surface area contributed by atoms with Crippen molar-refractivity contribution in [2.75, 3.05) is 0 Å². The Balaban J connectivity index is 1.74. The summed E-state index contributed by atoms with van der Waals surface area (Å²) in [6.07, 6.45) is 2.04. The van der Waals surface area contributed by atoms with Crippen molar-refractivity contribution in [2.45, 2.75) is 38.8 Å². The van der Waals surface area contributed by atoms with E-state index in [1.54, 1.807) is 0 Å². The van der Waals surface area contributed by atoms with Gasteiger partial charge in [0, 0.05) is 23.2 Å². The topological polar surface area (TPSA) is 48.8 Å². The lowest BCUT2D eigenvalue weighted by molar-refractivity contribution is 0.636. The molecule has 122 valence electrons. The zero-order valence-electron chi connectivity index (χ0n) is 14.1. The summed E-state index contributed by atoms with van der Waals surface area (Å²) in [4.78, 5) is 0. The van der Waals surface area contributed by atoms with E-state index in [-0.39, 0.29) is 0 Å². The van der Waals surface area contributed by atoms with Crippen molar-refractivity contribution >= 4 is 11.7 Å². The zero-order valence-corrected chi connectivity index (χ0v) is 14.1. The van der Waals surface area contributed by atoms with Crippen LogP contribution in [0, 0.1) is 0 Å². The third kappa shape index (κ3) is 2.80. The van der Waals surface area contributed by atoms with Crippen LogP contribution in [0.1, 0.15) is 36.1 Å². The Morgan fingerprint density at radius 2 is 1.12 bits per heavy atom. The number of rotatable bonds is 1. The van der Waals surface area contributed by atoms with E-state index >= 15 is 0 Å². The quantitative estimate of drug-likeness (QED) is 0.794. The first kappa shape index (κ1) is 14.9. The molecule has 0 saturated carbocycles. The lowest BCUT2D eigenvalue weighted by Gasteiger charge is -2.26. The van der Waals surface area contributed by atoms with Gasteiger partial charge in [0.1, 0.15) is 0 Å². The maximum atomic E-state index is 4.56. The largest absolute Gasteiger partial charge is 0.365 e. The van der Waals surface area contributed by atoms with Gasteiger partial charge in [-0.25, -0.2) is 0 Å². The summed E-state index contributed by atoms with van der Waals surface area (Å²) >= 11 is 0. The van der Waals surface area contributed by atoms with Gasteiger partial charge in [-0.05, 0) is 37.8 Å². The molecular formula is C20H22N4. The third-order valence-corrected chi connectivity index (χ3v) is 4.61. The van der Waals surface area contributed by atoms with E-state index in [0.717, 1.165) is 35.6 Å². The Morgan fingerprint density at radius 3 is 1.58 bits per heavy atom. The van der Waals surface area contributed by atoms with Crippen LogP contribution in [-0.2, 0) is 12.8 Å². The summed E-state index contributed by atoms with van der Waals surface area (Å²) in [5, 5.41) is 16.1. The number of nitrogens with one attached hydrogen (secondary N) is 2. The Morgan fingerprint density at radius 1 is 0.708 bits per heavy atom. The minimum Gasteiger partial charge on any atom is -0.365 e. The van der Waals surface area contributed by atoms with Crippen LogP contribution in [0.3, 0.4) is 0 Å². The number of hydrogen-bond acceptors (Lipinski definition) is 2. The van der Waals surface area contributed by atoms with Crippen LogP contribution in [0.15, 0.2) is 58.7 Å². The minimum absolute atomic E-state index is 0.365. The summed E-state index contributed by atoms with van der Waals surface area (Å²) in [6, 6.07) is 17.6. The summed E-state index contributed by atoms with van der Waals surface area (Å²) in [5.41, 5.74) is 4.95. The van der Waals surface area contributed by atoms with Gasteiger partial charge >= 0.3 is 0 Å². The molecule has 0 radical (unpaired) electrons. The van der Waals surface area contributed by atoms with Crippen LogP contribution in [0.5, 0.6) is 0 Å². The van der Waals surface area contributed by atoms with Gasteiger partial charge in [-0.3, -0.25) is 0 Å². The molecule has 24 heavy (non-hydrogen) atoms. The fraction of sp³-hybridized carbons (Fsp3) is 0.300. The van der Waals surface area contributed by atoms with Gasteiger partial charge in [0.05, 0.1) is 0 Å². The van der Waals surface area contributed by atoms with Gasteiger partial charge in [0.2, 0.25) is 0 Å². The van der Waals surface area contributed by atoms with E-state index in [2.05, 4.69) is 83.2 Å². The Hall–Kier alpha value is -2.62. The minimum atomic E-state index is 0.365. The summed E-state index contributed by atoms with van der Waals surface area (Å²) < 4.78 is 0. The monoisotopic (exact) mass is 318 g/mol. The smallest absolute Gasteiger partial charge is 0.156 e. The average molecular weight is 318 g/mol. The molecule has 4 rings (SSSR count). The molecule has 2 unspecified atom stereocenters. The van der Waals surface area contributed by atoms with Crippen molar-refractivity contribution in [1.29, 1.82) is 0 Å². The number of benzene rings is 2. The van der Waals surface area contributed by atoms with E-state index < -0.39 is 0 Å². The molecule has 0 amide bonds. The fourth-order valence-electron chi connectivity index (χ4n) is 3.51. The van der Waals surface area contributed by atoms with Crippen LogP contribution in [0.25, 0.3) is 0 Å². The maximum absolute atomic E-state index is 4.56. The molecule has 0 bridgehead atoms. The average Bonchev–Trinajstić information content (AvgIpc) is 2.59. The second-order valence-electron chi connectivity index (χ2n) is 6.71. The van der Waals surface area contributed by atoms with Crippen molar-refractivity contribution in [3.05, 3.63) is 70.8 Å². The lowest BCUT2D eigenvalue weighted by atomic mass is 9.96. The molecule has 2 heterocycles. The van der Waals surface area contributed by atoms with Gasteiger partial charge in [0.15, 0.2) is 11.7 Å². The standard InChI is InChI=1S/C20H22N4/c1-13-11-15-7-3-5-9-17(15)19(21-13)23-24-20-18-10-6-4-8-16(18)12-14(2)22-20/h3-10,13-14H,11-12H2,1-2H3,(H,21,23)(H,22,24). The highest BCUT2D eigenvalue weighted by Crippen LogP contribution is 2.19. The predicted molar refractivity (Wildman–Crippen MR) is 98.6 cm³/mol. The van der Waals surface area contributed by atoms with Crippen LogP contribution in [0.2, 0.25) is 0 Å². The highest BCUT2D eigenvalue weighted by Gasteiger charge is 2.21. The van der Waals surface area contributed by atoms with Gasteiger partial charge in [-0.15, -0.1) is 10.2 Å². The molecule has 0 aliphatic carbocycles. The van der Waals surface area contributed by atoms with Crippen LogP contribution >= 0.6 is 0 Å². The van der Waals surface area contributed by atoms with Crippen molar-refractivity contribution in [3.63, 3.8) is 0 Å². The van der Waals surface area contributed by atoms with E-state index in [1.165, 1.54) is 11.1 Å². The molecule has 2 aromatic rings. The molecule has 2 atom stereocenters. The van der Waals surface area contributed by atoms with Gasteiger partial charge in [-0.2, -0.15) is 0 Å². The van der Waals surface area contributed by atoms with Crippen molar-refractivity contribution in [2.24, 2.45) is 10.2 Å². The molecule has 4 nitrogen and oxygen atoms in total. The second kappa shape index (κ2) is 6.11. The fourth-order valence-corrected chi connectivity index (χ4v) is 3.51. The molecule has 0 saturated heterocycles. The lowest BCUT2D eigenvalue weighted by Crippen LogP contribution is -2.41. The Labute approximate surface area is 142 Å². The molecule has 2 aromatic carbocycles. The van der Waals surface area contributed by atoms with Crippen LogP contribution in [-0.4, -0.2) is 23.8 Å². The SMILES string of the molecule is CC1Cc2ccccc2/C(=N/N=C2\NC(C)Cc3ccccc32)N1. The van der Waals surface area contributed by atoms with Gasteiger partial charge in [0.25, 0.3) is 0 Å². The van der Waals surface area contributed by atoms with Crippen LogP contribution in [0.4, 0.5) is 0 Å². The molecule has 2 aliphatic rings. The molecule has 2 aliphatic heterocycles. The molecule has 0 spiro atoms. The Kier molecular flexibility index (Phi) is 3.81. The Bertz CT molecular complexity index is 752. The van der Waals surface area contributed by atoms with Crippen molar-refractivity contribution in [1.82, 2.24) is 10.6 Å². The number of hydrogen-bond donors (Lipinski definition) is 2. The molecule has 2 N–H and O–H groups in total. The van der Waals surface area contributed by atoms with E-state index in [9.17, 15) is 0 Å². The first-order chi connectivity index (χ1) is 11.7. The summed E-state index contributed by atoms with van der Waals surface area (Å²) in [7, 11) is 0. The summed E-state index contributed by atoms with van der Waals surface area (Å²) in [5.74, 6) is 1.71. The van der Waals surface area contributed by atoms with Crippen molar-refractivity contribution in [3.8, 4) is 0 Å². The van der Waals surface area contributed by atoms with E-state index in [0.29, 0.717) is 12.1 Å². The highest BCUT2D eigenvalue weighted by atomic mass is 15.3. The predicted octanol–water partition coefficient (Wildman–Crippen LogP) is 2.86. The first-order valence-corrected chi connectivity index (χ1v) is 8.56. The van der Waals surface area contributed by atoms with Gasteiger partial charge < -0.3 is 10.6 Å². The number of nitrogens with zero attached hydrogens (tertiary/aromatic N) is 2. The van der Waals surface area contributed by atoms with E-state index in [4.69, 9.17) is 0 Å².